The summed E-state index contributed by atoms with van der Waals surface area (Å²) in [5.41, 5.74) is 2.73. The molecule has 6 nitrogen and oxygen atoms in total. The first-order chi connectivity index (χ1) is 10.6. The Kier molecular flexibility index (Phi) is 5.38. The summed E-state index contributed by atoms with van der Waals surface area (Å²) < 4.78 is 10.1. The van der Waals surface area contributed by atoms with Crippen molar-refractivity contribution in [2.45, 2.75) is 39.5 Å². The first-order valence-electron chi connectivity index (χ1n) is 7.32. The Bertz CT molecular complexity index is 537. The molecule has 0 bridgehead atoms. The largest absolute Gasteiger partial charge is 0.496 e. The number of amides is 1. The van der Waals surface area contributed by atoms with E-state index in [0.717, 1.165) is 11.1 Å². The van der Waals surface area contributed by atoms with Gasteiger partial charge in [0, 0.05) is 25.1 Å². The third-order valence-corrected chi connectivity index (χ3v) is 3.70. The van der Waals surface area contributed by atoms with Crippen molar-refractivity contribution in [3.63, 3.8) is 0 Å². The molecule has 0 spiro atoms. The van der Waals surface area contributed by atoms with Crippen molar-refractivity contribution in [3.05, 3.63) is 28.8 Å². The van der Waals surface area contributed by atoms with Crippen LogP contribution >= 0.6 is 0 Å². The number of carbonyl (C=O) groups excluding carboxylic acids is 2. The van der Waals surface area contributed by atoms with E-state index in [-0.39, 0.29) is 31.3 Å². The van der Waals surface area contributed by atoms with E-state index in [1.165, 1.54) is 0 Å². The van der Waals surface area contributed by atoms with Crippen LogP contribution in [-0.2, 0) is 34.0 Å². The quantitative estimate of drug-likeness (QED) is 0.803. The number of esters is 1. The molecule has 0 saturated carbocycles. The average molecular weight is 307 g/mol. The van der Waals surface area contributed by atoms with E-state index in [9.17, 15) is 14.7 Å². The van der Waals surface area contributed by atoms with E-state index >= 15 is 0 Å². The molecule has 1 aliphatic heterocycles. The Labute approximate surface area is 129 Å². The Morgan fingerprint density at radius 1 is 1.23 bits per heavy atom. The normalized spacial score (nSPS) is 13.0. The van der Waals surface area contributed by atoms with E-state index in [1.54, 1.807) is 18.9 Å². The highest BCUT2D eigenvalue weighted by molar-refractivity contribution is 5.81. The van der Waals surface area contributed by atoms with E-state index in [2.05, 4.69) is 0 Å². The van der Waals surface area contributed by atoms with E-state index in [4.69, 9.17) is 9.47 Å². The number of hydrogen-bond acceptors (Lipinski definition) is 5. The van der Waals surface area contributed by atoms with E-state index in [0.29, 0.717) is 31.0 Å². The van der Waals surface area contributed by atoms with Gasteiger partial charge in [0.1, 0.15) is 5.75 Å². The van der Waals surface area contributed by atoms with Gasteiger partial charge in [-0.25, -0.2) is 0 Å². The number of ether oxygens (including phenoxy) is 2. The molecule has 0 aromatic heterocycles. The molecule has 1 aromatic carbocycles. The highest BCUT2D eigenvalue weighted by Gasteiger charge is 2.25. The fourth-order valence-corrected chi connectivity index (χ4v) is 2.57. The molecule has 0 saturated heterocycles. The van der Waals surface area contributed by atoms with Gasteiger partial charge in [0.2, 0.25) is 5.91 Å². The molecule has 1 aliphatic rings. The summed E-state index contributed by atoms with van der Waals surface area (Å²) >= 11 is 0. The van der Waals surface area contributed by atoms with Gasteiger partial charge in [-0.15, -0.1) is 0 Å². The molecule has 0 fully saturated rings. The van der Waals surface area contributed by atoms with Crippen LogP contribution in [0.15, 0.2) is 12.1 Å². The number of fused-ring (bicyclic) bond motifs is 1. The number of nitrogens with zero attached hydrogens (tertiary/aromatic N) is 1. The number of aliphatic hydroxyl groups excluding tert-OH is 1. The number of hydrogen-bond donors (Lipinski definition) is 1. The summed E-state index contributed by atoms with van der Waals surface area (Å²) in [6, 6.07) is 3.73. The first kappa shape index (κ1) is 16.3. The lowest BCUT2D eigenvalue weighted by atomic mass is 10.1. The van der Waals surface area contributed by atoms with Crippen LogP contribution in [0, 0.1) is 0 Å². The van der Waals surface area contributed by atoms with Crippen LogP contribution in [0.2, 0.25) is 0 Å². The first-order valence-corrected chi connectivity index (χ1v) is 7.32. The molecular weight excluding hydrogens is 286 g/mol. The standard InChI is InChI=1S/C16H21NO5/c1-3-22-16(20)5-4-15(19)17-8-11-6-13(10-18)14(21-2)7-12(11)9-17/h6-7,18H,3-5,8-10H2,1-2H3. The zero-order valence-corrected chi connectivity index (χ0v) is 12.9. The number of aliphatic hydroxyl groups is 1. The third-order valence-electron chi connectivity index (χ3n) is 3.70. The smallest absolute Gasteiger partial charge is 0.306 e. The van der Waals surface area contributed by atoms with Crippen LogP contribution in [-0.4, -0.2) is 35.6 Å². The van der Waals surface area contributed by atoms with Crippen LogP contribution < -0.4 is 4.74 Å². The Morgan fingerprint density at radius 3 is 2.50 bits per heavy atom. The third kappa shape index (κ3) is 3.57. The molecule has 0 atom stereocenters. The lowest BCUT2D eigenvalue weighted by Gasteiger charge is -2.14. The highest BCUT2D eigenvalue weighted by Crippen LogP contribution is 2.30. The van der Waals surface area contributed by atoms with Crippen LogP contribution in [0.4, 0.5) is 0 Å². The highest BCUT2D eigenvalue weighted by atomic mass is 16.5. The second-order valence-corrected chi connectivity index (χ2v) is 5.15. The zero-order chi connectivity index (χ0) is 16.1. The average Bonchev–Trinajstić information content (AvgIpc) is 2.94. The molecule has 2 rings (SSSR count). The van der Waals surface area contributed by atoms with Crippen molar-refractivity contribution in [2.75, 3.05) is 13.7 Å². The Morgan fingerprint density at radius 2 is 1.91 bits per heavy atom. The van der Waals surface area contributed by atoms with Crippen molar-refractivity contribution in [2.24, 2.45) is 0 Å². The van der Waals surface area contributed by atoms with Crippen molar-refractivity contribution in [3.8, 4) is 5.75 Å². The minimum atomic E-state index is -0.350. The molecule has 0 radical (unpaired) electrons. The number of carbonyl (C=O) groups is 2. The van der Waals surface area contributed by atoms with Crippen LogP contribution in [0.3, 0.4) is 0 Å². The molecule has 0 aliphatic carbocycles. The van der Waals surface area contributed by atoms with Gasteiger partial charge >= 0.3 is 5.97 Å². The Hall–Kier alpha value is -2.08. The minimum absolute atomic E-state index is 0.0752. The molecule has 6 heteroatoms. The van der Waals surface area contributed by atoms with E-state index < -0.39 is 0 Å². The predicted molar refractivity (Wildman–Crippen MR) is 79.0 cm³/mol. The molecule has 1 N–H and O–H groups in total. The molecule has 1 aromatic rings. The fourth-order valence-electron chi connectivity index (χ4n) is 2.57. The summed E-state index contributed by atoms with van der Waals surface area (Å²) in [6.45, 7) is 2.95. The van der Waals surface area contributed by atoms with Crippen molar-refractivity contribution < 1.29 is 24.2 Å². The van der Waals surface area contributed by atoms with Crippen LogP contribution in [0.25, 0.3) is 0 Å². The summed E-state index contributed by atoms with van der Waals surface area (Å²) in [7, 11) is 1.55. The SMILES string of the molecule is CCOC(=O)CCC(=O)N1Cc2cc(CO)c(OC)cc2C1. The molecule has 22 heavy (non-hydrogen) atoms. The summed E-state index contributed by atoms with van der Waals surface area (Å²) in [5.74, 6) is 0.202. The lowest BCUT2D eigenvalue weighted by molar-refractivity contribution is -0.145. The van der Waals surface area contributed by atoms with Gasteiger partial charge in [-0.05, 0) is 30.2 Å². The maximum Gasteiger partial charge on any atom is 0.306 e. The fraction of sp³-hybridized carbons (Fsp3) is 0.500. The zero-order valence-electron chi connectivity index (χ0n) is 12.9. The van der Waals surface area contributed by atoms with Gasteiger partial charge in [-0.1, -0.05) is 0 Å². The predicted octanol–water partition coefficient (Wildman–Crippen LogP) is 1.37. The topological polar surface area (TPSA) is 76.1 Å². The second kappa shape index (κ2) is 7.26. The van der Waals surface area contributed by atoms with Gasteiger partial charge in [0.05, 0.1) is 26.7 Å². The maximum absolute atomic E-state index is 12.2. The molecule has 120 valence electrons. The van der Waals surface area contributed by atoms with Gasteiger partial charge < -0.3 is 19.5 Å². The lowest BCUT2D eigenvalue weighted by Crippen LogP contribution is -2.25. The van der Waals surface area contributed by atoms with Crippen molar-refractivity contribution in [1.82, 2.24) is 4.90 Å². The second-order valence-electron chi connectivity index (χ2n) is 5.15. The van der Waals surface area contributed by atoms with Crippen LogP contribution in [0.1, 0.15) is 36.5 Å². The van der Waals surface area contributed by atoms with Crippen LogP contribution in [0.5, 0.6) is 5.75 Å². The number of methoxy groups -OCH3 is 1. The molecule has 1 amide bonds. The number of rotatable bonds is 6. The van der Waals surface area contributed by atoms with Gasteiger partial charge in [-0.2, -0.15) is 0 Å². The summed E-state index contributed by atoms with van der Waals surface area (Å²) in [5, 5.41) is 9.34. The van der Waals surface area contributed by atoms with Gasteiger partial charge in [0.25, 0.3) is 0 Å². The van der Waals surface area contributed by atoms with Crippen molar-refractivity contribution >= 4 is 11.9 Å². The monoisotopic (exact) mass is 307 g/mol. The molecular formula is C16H21NO5. The molecule has 1 heterocycles. The summed E-state index contributed by atoms with van der Waals surface area (Å²) in [4.78, 5) is 25.2. The molecule has 0 unspecified atom stereocenters. The Balaban J connectivity index is 1.99. The van der Waals surface area contributed by atoms with Gasteiger partial charge in [-0.3, -0.25) is 9.59 Å². The minimum Gasteiger partial charge on any atom is -0.496 e. The van der Waals surface area contributed by atoms with Crippen molar-refractivity contribution in [1.29, 1.82) is 0 Å². The maximum atomic E-state index is 12.2. The number of benzene rings is 1. The summed E-state index contributed by atoms with van der Waals surface area (Å²) in [6.07, 6.45) is 0.252. The van der Waals surface area contributed by atoms with Gasteiger partial charge in [0.15, 0.2) is 0 Å². The van der Waals surface area contributed by atoms with E-state index in [1.807, 2.05) is 12.1 Å².